The van der Waals surface area contributed by atoms with Gasteiger partial charge in [-0.25, -0.2) is 8.42 Å². The molecule has 1 aromatic heterocycles. The van der Waals surface area contributed by atoms with Crippen LogP contribution in [0.4, 0.5) is 0 Å². The van der Waals surface area contributed by atoms with Crippen molar-refractivity contribution in [3.63, 3.8) is 0 Å². The molecule has 1 amide bonds. The topological polar surface area (TPSA) is 90.6 Å². The van der Waals surface area contributed by atoms with Crippen LogP contribution in [0.2, 0.25) is 0 Å². The third-order valence-electron chi connectivity index (χ3n) is 6.11. The van der Waals surface area contributed by atoms with Crippen molar-refractivity contribution >= 4 is 15.9 Å². The Kier molecular flexibility index (Phi) is 6.47. The fourth-order valence-corrected chi connectivity index (χ4v) is 5.43. The standard InChI is InChI=1S/C26H29N3O4S/c1-26(2,3)20-9-11-21(12-10-20)34(32,33)29-17-15-28(16-18-29)25(31)22-13-14-23(27-24(22)30)19-7-5-4-6-8-19/h4-14H,15-18H2,1-3H3,(H,27,30). The first-order valence-corrected chi connectivity index (χ1v) is 12.7. The first kappa shape index (κ1) is 23.9. The SMILES string of the molecule is CC(C)(C)c1ccc(S(=O)(=O)N2CCN(C(=O)c3ccc(-c4ccccc4)[nH]c3=O)CC2)cc1. The van der Waals surface area contributed by atoms with Gasteiger partial charge < -0.3 is 9.88 Å². The van der Waals surface area contributed by atoms with E-state index in [2.05, 4.69) is 25.8 Å². The molecule has 1 fully saturated rings. The maximum Gasteiger partial charge on any atom is 0.261 e. The lowest BCUT2D eigenvalue weighted by atomic mass is 9.87. The van der Waals surface area contributed by atoms with Gasteiger partial charge >= 0.3 is 0 Å². The third kappa shape index (κ3) is 4.83. The summed E-state index contributed by atoms with van der Waals surface area (Å²) in [4.78, 5) is 30.1. The summed E-state index contributed by atoms with van der Waals surface area (Å²) in [7, 11) is -3.66. The smallest absolute Gasteiger partial charge is 0.261 e. The second-order valence-electron chi connectivity index (χ2n) is 9.45. The van der Waals surface area contributed by atoms with Crippen molar-refractivity contribution in [1.82, 2.24) is 14.2 Å². The molecule has 0 aliphatic carbocycles. The molecule has 1 N–H and O–H groups in total. The number of aromatic nitrogens is 1. The number of aromatic amines is 1. The molecule has 3 aromatic rings. The van der Waals surface area contributed by atoms with Gasteiger partial charge in [-0.15, -0.1) is 0 Å². The highest BCUT2D eigenvalue weighted by Gasteiger charge is 2.31. The molecule has 1 aliphatic rings. The first-order chi connectivity index (χ1) is 16.1. The van der Waals surface area contributed by atoms with E-state index in [1.807, 2.05) is 42.5 Å². The molecule has 34 heavy (non-hydrogen) atoms. The van der Waals surface area contributed by atoms with Crippen LogP contribution in [0.15, 0.2) is 76.4 Å². The number of nitrogens with zero attached hydrogens (tertiary/aromatic N) is 2. The minimum absolute atomic E-state index is 0.0498. The van der Waals surface area contributed by atoms with E-state index in [0.717, 1.165) is 11.1 Å². The van der Waals surface area contributed by atoms with Crippen molar-refractivity contribution < 1.29 is 13.2 Å². The molecule has 2 heterocycles. The van der Waals surface area contributed by atoms with Crippen molar-refractivity contribution in [2.45, 2.75) is 31.1 Å². The van der Waals surface area contributed by atoms with Gasteiger partial charge in [0.05, 0.1) is 4.90 Å². The van der Waals surface area contributed by atoms with Crippen molar-refractivity contribution in [2.24, 2.45) is 0 Å². The summed E-state index contributed by atoms with van der Waals surface area (Å²) in [6.07, 6.45) is 0. The molecule has 2 aromatic carbocycles. The maximum absolute atomic E-state index is 13.1. The van der Waals surface area contributed by atoms with Crippen LogP contribution in [0.3, 0.4) is 0 Å². The Hall–Kier alpha value is -3.23. The summed E-state index contributed by atoms with van der Waals surface area (Å²) >= 11 is 0. The minimum Gasteiger partial charge on any atom is -0.336 e. The van der Waals surface area contributed by atoms with Gasteiger partial charge in [0.2, 0.25) is 10.0 Å². The molecule has 178 valence electrons. The lowest BCUT2D eigenvalue weighted by molar-refractivity contribution is 0.0696. The molecule has 0 bridgehead atoms. The number of sulfonamides is 1. The van der Waals surface area contributed by atoms with Gasteiger partial charge in [-0.2, -0.15) is 4.31 Å². The Morgan fingerprint density at radius 2 is 1.47 bits per heavy atom. The molecule has 0 radical (unpaired) electrons. The molecule has 0 unspecified atom stereocenters. The second kappa shape index (κ2) is 9.19. The van der Waals surface area contributed by atoms with Crippen LogP contribution >= 0.6 is 0 Å². The van der Waals surface area contributed by atoms with Crippen molar-refractivity contribution in [1.29, 1.82) is 0 Å². The molecule has 1 aliphatic heterocycles. The number of hydrogen-bond acceptors (Lipinski definition) is 4. The van der Waals surface area contributed by atoms with E-state index in [0.29, 0.717) is 5.69 Å². The predicted octanol–water partition coefficient (Wildman–Crippen LogP) is 3.49. The van der Waals surface area contributed by atoms with E-state index in [1.165, 1.54) is 15.3 Å². The lowest BCUT2D eigenvalue weighted by Gasteiger charge is -2.34. The van der Waals surface area contributed by atoms with E-state index in [-0.39, 0.29) is 42.1 Å². The average Bonchev–Trinajstić information content (AvgIpc) is 2.84. The molecule has 1 saturated heterocycles. The number of pyridine rings is 1. The number of amides is 1. The van der Waals surface area contributed by atoms with E-state index in [4.69, 9.17) is 0 Å². The lowest BCUT2D eigenvalue weighted by Crippen LogP contribution is -2.51. The molecule has 0 spiro atoms. The Labute approximate surface area is 200 Å². The highest BCUT2D eigenvalue weighted by atomic mass is 32.2. The number of H-pyrrole nitrogens is 1. The zero-order chi connectivity index (χ0) is 24.5. The number of carbonyl (C=O) groups excluding carboxylic acids is 1. The highest BCUT2D eigenvalue weighted by molar-refractivity contribution is 7.89. The summed E-state index contributed by atoms with van der Waals surface area (Å²) in [5.74, 6) is -0.396. The Balaban J connectivity index is 1.44. The average molecular weight is 480 g/mol. The number of nitrogens with one attached hydrogen (secondary N) is 1. The Morgan fingerprint density at radius 1 is 0.853 bits per heavy atom. The van der Waals surface area contributed by atoms with Gasteiger partial charge in [-0.1, -0.05) is 63.2 Å². The summed E-state index contributed by atoms with van der Waals surface area (Å²) in [5.41, 5.74) is 2.08. The molecule has 0 saturated carbocycles. The summed E-state index contributed by atoms with van der Waals surface area (Å²) in [6.45, 7) is 7.02. The molecule has 4 rings (SSSR count). The van der Waals surface area contributed by atoms with Crippen molar-refractivity contribution in [3.05, 3.63) is 88.2 Å². The molecule has 0 atom stereocenters. The van der Waals surface area contributed by atoms with E-state index < -0.39 is 21.5 Å². The number of rotatable bonds is 4. The summed E-state index contributed by atoms with van der Waals surface area (Å²) in [5, 5.41) is 0. The van der Waals surface area contributed by atoms with Crippen LogP contribution in [0.5, 0.6) is 0 Å². The van der Waals surface area contributed by atoms with Gasteiger partial charge in [-0.3, -0.25) is 9.59 Å². The zero-order valence-corrected chi connectivity index (χ0v) is 20.4. The largest absolute Gasteiger partial charge is 0.336 e. The quantitative estimate of drug-likeness (QED) is 0.620. The van der Waals surface area contributed by atoms with Crippen LogP contribution in [0.1, 0.15) is 36.7 Å². The Bertz CT molecular complexity index is 1330. The Morgan fingerprint density at radius 3 is 2.03 bits per heavy atom. The van der Waals surface area contributed by atoms with Gasteiger partial charge in [0.1, 0.15) is 5.56 Å². The molecule has 8 heteroatoms. The monoisotopic (exact) mass is 479 g/mol. The maximum atomic E-state index is 13.1. The van der Waals surface area contributed by atoms with Crippen LogP contribution in [-0.2, 0) is 15.4 Å². The van der Waals surface area contributed by atoms with Crippen LogP contribution in [0, 0.1) is 0 Å². The van der Waals surface area contributed by atoms with Gasteiger partial charge in [0.15, 0.2) is 0 Å². The molecule has 7 nitrogen and oxygen atoms in total. The number of piperazine rings is 1. The summed E-state index contributed by atoms with van der Waals surface area (Å²) in [6, 6.07) is 19.6. The van der Waals surface area contributed by atoms with E-state index in [1.54, 1.807) is 18.2 Å². The van der Waals surface area contributed by atoms with Crippen LogP contribution in [0.25, 0.3) is 11.3 Å². The van der Waals surface area contributed by atoms with Crippen molar-refractivity contribution in [2.75, 3.05) is 26.2 Å². The summed E-state index contributed by atoms with van der Waals surface area (Å²) < 4.78 is 27.6. The predicted molar refractivity (Wildman–Crippen MR) is 132 cm³/mol. The fourth-order valence-electron chi connectivity index (χ4n) is 4.01. The highest BCUT2D eigenvalue weighted by Crippen LogP contribution is 2.25. The number of carbonyl (C=O) groups is 1. The fraction of sp³-hybridized carbons (Fsp3) is 0.308. The van der Waals surface area contributed by atoms with E-state index in [9.17, 15) is 18.0 Å². The van der Waals surface area contributed by atoms with Crippen LogP contribution < -0.4 is 5.56 Å². The van der Waals surface area contributed by atoms with Gasteiger partial charge in [-0.05, 0) is 40.8 Å². The molecular weight excluding hydrogens is 450 g/mol. The van der Waals surface area contributed by atoms with Crippen LogP contribution in [-0.4, -0.2) is 54.7 Å². The van der Waals surface area contributed by atoms with Gasteiger partial charge in [0.25, 0.3) is 11.5 Å². The normalized spacial score (nSPS) is 15.3. The number of hydrogen-bond donors (Lipinski definition) is 1. The minimum atomic E-state index is -3.66. The number of benzene rings is 2. The second-order valence-corrected chi connectivity index (χ2v) is 11.4. The van der Waals surface area contributed by atoms with E-state index >= 15 is 0 Å². The van der Waals surface area contributed by atoms with Crippen molar-refractivity contribution in [3.8, 4) is 11.3 Å². The van der Waals surface area contributed by atoms with Gasteiger partial charge in [0, 0.05) is 31.9 Å². The molecular formula is C26H29N3O4S. The zero-order valence-electron chi connectivity index (χ0n) is 19.6. The third-order valence-corrected chi connectivity index (χ3v) is 8.02. The first-order valence-electron chi connectivity index (χ1n) is 11.3.